The fraction of sp³-hybridized carbons (Fsp3) is 0.195. The second kappa shape index (κ2) is 17.1. The Balaban J connectivity index is 0.00000486. The average Bonchev–Trinajstić information content (AvgIpc) is 3.53. The molecule has 1 aromatic heterocycles. The number of rotatable bonds is 13. The van der Waals surface area contributed by atoms with Crippen molar-refractivity contribution in [3.8, 4) is 21.7 Å². The molecule has 6 aromatic rings. The maximum atomic E-state index is 13.6. The SMILES string of the molecule is CSCCC(NC(=O)c1ccc(CN(Cc2ccccc2)c2ccc(-c3nc4ccc(C)cc4s3)cc2)cc1-c1ccccc1C)C(=O)[O-].[Li+]. The van der Waals surface area contributed by atoms with Gasteiger partial charge in [0.25, 0.3) is 5.91 Å². The summed E-state index contributed by atoms with van der Waals surface area (Å²) in [6.45, 7) is 5.39. The number of aliphatic carboxylic acids is 1. The molecule has 1 heterocycles. The Morgan fingerprint density at radius 1 is 0.840 bits per heavy atom. The molecule has 0 radical (unpaired) electrons. The van der Waals surface area contributed by atoms with Crippen molar-refractivity contribution in [3.63, 3.8) is 0 Å². The second-order valence-electron chi connectivity index (χ2n) is 12.2. The van der Waals surface area contributed by atoms with Crippen molar-refractivity contribution in [2.45, 2.75) is 39.4 Å². The Bertz CT molecular complexity index is 2080. The number of aryl methyl sites for hydroxylation is 2. The second-order valence-corrected chi connectivity index (χ2v) is 14.2. The first kappa shape index (κ1) is 36.9. The number of aromatic nitrogens is 1. The van der Waals surface area contributed by atoms with E-state index in [9.17, 15) is 14.7 Å². The van der Waals surface area contributed by atoms with Crippen molar-refractivity contribution in [1.29, 1.82) is 0 Å². The molecule has 6 rings (SSSR count). The summed E-state index contributed by atoms with van der Waals surface area (Å²) >= 11 is 3.23. The van der Waals surface area contributed by atoms with Crippen LogP contribution in [-0.2, 0) is 17.9 Å². The molecular formula is C41H38LiN3O3S2. The Kier molecular flexibility index (Phi) is 12.6. The average molecular weight is 692 g/mol. The van der Waals surface area contributed by atoms with Gasteiger partial charge in [0.2, 0.25) is 0 Å². The molecule has 1 unspecified atom stereocenters. The van der Waals surface area contributed by atoms with E-state index in [0.29, 0.717) is 30.8 Å². The number of amides is 1. The van der Waals surface area contributed by atoms with Crippen molar-refractivity contribution in [2.24, 2.45) is 0 Å². The largest absolute Gasteiger partial charge is 1.00 e. The van der Waals surface area contributed by atoms with E-state index in [1.54, 1.807) is 11.3 Å². The number of nitrogens with one attached hydrogen (secondary N) is 1. The number of benzene rings is 5. The van der Waals surface area contributed by atoms with Crippen LogP contribution in [0.25, 0.3) is 31.9 Å². The minimum absolute atomic E-state index is 0. The van der Waals surface area contributed by atoms with Crippen molar-refractivity contribution in [1.82, 2.24) is 10.3 Å². The Hall–Kier alpha value is -4.32. The van der Waals surface area contributed by atoms with Crippen LogP contribution in [0.4, 0.5) is 5.69 Å². The first-order chi connectivity index (χ1) is 23.8. The number of carbonyl (C=O) groups is 2. The van der Waals surface area contributed by atoms with Crippen LogP contribution in [0, 0.1) is 13.8 Å². The Morgan fingerprint density at radius 3 is 2.28 bits per heavy atom. The van der Waals surface area contributed by atoms with Crippen molar-refractivity contribution < 1.29 is 33.6 Å². The summed E-state index contributed by atoms with van der Waals surface area (Å²) in [5.41, 5.74) is 9.72. The van der Waals surface area contributed by atoms with Gasteiger partial charge in [-0.1, -0.05) is 66.7 Å². The molecule has 0 saturated heterocycles. The molecule has 0 fully saturated rings. The predicted molar refractivity (Wildman–Crippen MR) is 202 cm³/mol. The fourth-order valence-corrected chi connectivity index (χ4v) is 7.48. The van der Waals surface area contributed by atoms with Crippen LogP contribution in [0.2, 0.25) is 0 Å². The van der Waals surface area contributed by atoms with Gasteiger partial charge in [0.1, 0.15) is 5.01 Å². The molecule has 0 aliphatic carbocycles. The van der Waals surface area contributed by atoms with Crippen molar-refractivity contribution in [2.75, 3.05) is 16.9 Å². The normalized spacial score (nSPS) is 11.5. The minimum atomic E-state index is -1.28. The van der Waals surface area contributed by atoms with E-state index in [0.717, 1.165) is 44.0 Å². The van der Waals surface area contributed by atoms with Gasteiger partial charge in [0.05, 0.1) is 22.2 Å². The number of fused-ring (bicyclic) bond motifs is 1. The number of hydrogen-bond acceptors (Lipinski definition) is 7. The van der Waals surface area contributed by atoms with Gasteiger partial charge in [-0.25, -0.2) is 4.98 Å². The molecule has 50 heavy (non-hydrogen) atoms. The van der Waals surface area contributed by atoms with E-state index >= 15 is 0 Å². The predicted octanol–water partition coefficient (Wildman–Crippen LogP) is 5.06. The summed E-state index contributed by atoms with van der Waals surface area (Å²) in [6, 6.07) is 38.0. The van der Waals surface area contributed by atoms with Gasteiger partial charge in [-0.15, -0.1) is 11.3 Å². The first-order valence-corrected chi connectivity index (χ1v) is 18.5. The van der Waals surface area contributed by atoms with Crippen LogP contribution >= 0.6 is 23.1 Å². The van der Waals surface area contributed by atoms with Gasteiger partial charge < -0.3 is 20.1 Å². The van der Waals surface area contributed by atoms with Crippen LogP contribution in [0.5, 0.6) is 0 Å². The number of anilines is 1. The topological polar surface area (TPSA) is 85.4 Å². The molecule has 9 heteroatoms. The summed E-state index contributed by atoms with van der Waals surface area (Å²) in [5.74, 6) is -1.11. The van der Waals surface area contributed by atoms with E-state index in [1.165, 1.54) is 27.6 Å². The summed E-state index contributed by atoms with van der Waals surface area (Å²) in [6.07, 6.45) is 2.20. The number of carbonyl (C=O) groups excluding carboxylic acids is 2. The fourth-order valence-electron chi connectivity index (χ4n) is 5.94. The van der Waals surface area contributed by atoms with Crippen molar-refractivity contribution >= 4 is 50.9 Å². The van der Waals surface area contributed by atoms with Gasteiger partial charge in [-0.05, 0) is 114 Å². The Morgan fingerprint density at radius 2 is 1.56 bits per heavy atom. The van der Waals surface area contributed by atoms with Gasteiger partial charge in [0, 0.05) is 29.9 Å². The Labute approximate surface area is 314 Å². The number of carboxylic acids is 1. The molecule has 0 spiro atoms. The smallest absolute Gasteiger partial charge is 0.548 e. The van der Waals surface area contributed by atoms with E-state index in [-0.39, 0.29) is 18.9 Å². The third-order valence-electron chi connectivity index (χ3n) is 8.58. The summed E-state index contributed by atoms with van der Waals surface area (Å²) in [7, 11) is 0. The molecule has 0 bridgehead atoms. The van der Waals surface area contributed by atoms with E-state index in [1.807, 2.05) is 67.8 Å². The third-order valence-corrected chi connectivity index (χ3v) is 10.3. The summed E-state index contributed by atoms with van der Waals surface area (Å²) in [5, 5.41) is 15.6. The van der Waals surface area contributed by atoms with Crippen LogP contribution < -0.4 is 34.2 Å². The quantitative estimate of drug-likeness (QED) is 0.171. The molecule has 248 valence electrons. The molecule has 5 aromatic carbocycles. The van der Waals surface area contributed by atoms with Gasteiger partial charge in [0.15, 0.2) is 0 Å². The van der Waals surface area contributed by atoms with E-state index < -0.39 is 17.9 Å². The maximum absolute atomic E-state index is 13.6. The zero-order valence-electron chi connectivity index (χ0n) is 28.8. The number of hydrogen-bond donors (Lipinski definition) is 1. The molecule has 0 saturated carbocycles. The molecule has 1 N–H and O–H groups in total. The monoisotopic (exact) mass is 691 g/mol. The van der Waals surface area contributed by atoms with Gasteiger partial charge in [-0.2, -0.15) is 11.8 Å². The summed E-state index contributed by atoms with van der Waals surface area (Å²) in [4.78, 5) is 32.7. The van der Waals surface area contributed by atoms with Crippen molar-refractivity contribution in [3.05, 3.63) is 143 Å². The number of thioether (sulfide) groups is 1. The third kappa shape index (κ3) is 8.87. The van der Waals surface area contributed by atoms with Gasteiger partial charge >= 0.3 is 18.9 Å². The number of nitrogens with zero attached hydrogens (tertiary/aromatic N) is 2. The molecule has 1 atom stereocenters. The van der Waals surface area contributed by atoms with E-state index in [2.05, 4.69) is 77.8 Å². The molecule has 0 aliphatic heterocycles. The molecule has 1 amide bonds. The van der Waals surface area contributed by atoms with Crippen LogP contribution in [0.1, 0.15) is 39.0 Å². The molecule has 0 aliphatic rings. The molecular weight excluding hydrogens is 654 g/mol. The zero-order chi connectivity index (χ0) is 34.3. The van der Waals surface area contributed by atoms with Crippen LogP contribution in [0.15, 0.2) is 115 Å². The minimum Gasteiger partial charge on any atom is -0.548 e. The number of carboxylic acid groups (broad SMARTS) is 1. The molecule has 6 nitrogen and oxygen atoms in total. The van der Waals surface area contributed by atoms with Crippen LogP contribution in [-0.4, -0.2) is 34.9 Å². The van der Waals surface area contributed by atoms with Crippen LogP contribution in [0.3, 0.4) is 0 Å². The first-order valence-electron chi connectivity index (χ1n) is 16.2. The van der Waals surface area contributed by atoms with Gasteiger partial charge in [-0.3, -0.25) is 4.79 Å². The standard InChI is InChI=1S/C41H39N3O3S2.Li/c1-27-13-20-36-38(23-27)49-40(43-36)31-15-17-32(18-16-31)44(25-29-10-5-4-6-11-29)26-30-14-19-34(35(24-30)33-12-8-7-9-28(33)2)39(45)42-37(41(46)47)21-22-48-3;/h4-20,23-24,37H,21-22,25-26H2,1-3H3,(H,42,45)(H,46,47);/q;+1/p-1. The zero-order valence-corrected chi connectivity index (χ0v) is 30.4. The number of thiazole rings is 1. The summed E-state index contributed by atoms with van der Waals surface area (Å²) < 4.78 is 1.18. The maximum Gasteiger partial charge on any atom is 1.00 e. The van der Waals surface area contributed by atoms with E-state index in [4.69, 9.17) is 4.98 Å².